The van der Waals surface area contributed by atoms with Crippen LogP contribution in [0.4, 0.5) is 5.95 Å². The van der Waals surface area contributed by atoms with Crippen LogP contribution in [-0.4, -0.2) is 39.2 Å². The van der Waals surface area contributed by atoms with Gasteiger partial charge in [0.05, 0.1) is 11.2 Å². The van der Waals surface area contributed by atoms with Crippen molar-refractivity contribution >= 4 is 23.5 Å². The highest BCUT2D eigenvalue weighted by Gasteiger charge is 2.34. The molecule has 0 bridgehead atoms. The third kappa shape index (κ3) is 2.96. The molecule has 126 valence electrons. The van der Waals surface area contributed by atoms with Gasteiger partial charge in [-0.05, 0) is 31.7 Å². The number of nitrogens with zero attached hydrogens (tertiary/aromatic N) is 3. The van der Waals surface area contributed by atoms with Gasteiger partial charge < -0.3 is 10.6 Å². The van der Waals surface area contributed by atoms with E-state index in [2.05, 4.69) is 30.8 Å². The largest absolute Gasteiger partial charge is 0.359 e. The number of hydrogen-bond donors (Lipinski definition) is 3. The number of hydrogen-bond acceptors (Lipinski definition) is 5. The maximum absolute atomic E-state index is 11.5. The van der Waals surface area contributed by atoms with Crippen molar-refractivity contribution in [2.45, 2.75) is 37.6 Å². The summed E-state index contributed by atoms with van der Waals surface area (Å²) in [6.07, 6.45) is 5.58. The summed E-state index contributed by atoms with van der Waals surface area (Å²) in [5, 5.41) is 13.8. The standard InChI is InChI=1S/C16H19ClN6O/c1-18-15(24)9-4-10(5-9)20-16-19-7-11(17)14(21-16)13-6-12(22-23-13)8-2-3-8/h6-10H,2-5H2,1H3,(H,18,24)(H,22,23)(H,19,20,21)/t9-,10-. The fraction of sp³-hybridized carbons (Fsp3) is 0.500. The molecular weight excluding hydrogens is 328 g/mol. The number of H-pyrrole nitrogens is 1. The number of carbonyl (C=O) groups is 1. The van der Waals surface area contributed by atoms with Crippen molar-refractivity contribution in [3.63, 3.8) is 0 Å². The summed E-state index contributed by atoms with van der Waals surface area (Å²) in [5.41, 5.74) is 2.50. The highest BCUT2D eigenvalue weighted by Crippen LogP contribution is 2.40. The van der Waals surface area contributed by atoms with Crippen LogP contribution in [0.2, 0.25) is 5.02 Å². The molecule has 7 nitrogen and oxygen atoms in total. The van der Waals surface area contributed by atoms with E-state index in [1.807, 2.05) is 6.07 Å². The molecule has 2 fully saturated rings. The Morgan fingerprint density at radius 2 is 2.17 bits per heavy atom. The summed E-state index contributed by atoms with van der Waals surface area (Å²) in [5.74, 6) is 1.29. The van der Waals surface area contributed by atoms with Crippen LogP contribution in [0.3, 0.4) is 0 Å². The molecule has 1 amide bonds. The maximum atomic E-state index is 11.5. The Kier molecular flexibility index (Phi) is 3.88. The molecule has 0 spiro atoms. The number of rotatable bonds is 5. The molecule has 2 aliphatic rings. The molecule has 0 aromatic carbocycles. The second kappa shape index (κ2) is 6.05. The monoisotopic (exact) mass is 346 g/mol. The van der Waals surface area contributed by atoms with Gasteiger partial charge in [-0.3, -0.25) is 9.89 Å². The first-order valence-electron chi connectivity index (χ1n) is 8.20. The van der Waals surface area contributed by atoms with Crippen LogP contribution in [0.5, 0.6) is 0 Å². The van der Waals surface area contributed by atoms with Crippen LogP contribution >= 0.6 is 11.6 Å². The van der Waals surface area contributed by atoms with Crippen LogP contribution < -0.4 is 10.6 Å². The molecule has 0 unspecified atom stereocenters. The Labute approximate surface area is 144 Å². The van der Waals surface area contributed by atoms with Gasteiger partial charge in [0.2, 0.25) is 11.9 Å². The zero-order chi connectivity index (χ0) is 16.7. The van der Waals surface area contributed by atoms with Gasteiger partial charge in [0, 0.05) is 30.6 Å². The van der Waals surface area contributed by atoms with E-state index in [0.29, 0.717) is 22.6 Å². The van der Waals surface area contributed by atoms with Gasteiger partial charge in [0.1, 0.15) is 11.4 Å². The SMILES string of the molecule is CNC(=O)[C@H]1C[C@H](Nc2ncc(Cl)c(-c3cc(C4CC4)[nH]n3)n2)C1. The fourth-order valence-corrected chi connectivity index (χ4v) is 3.20. The average molecular weight is 347 g/mol. The molecule has 2 aromatic heterocycles. The summed E-state index contributed by atoms with van der Waals surface area (Å²) < 4.78 is 0. The minimum Gasteiger partial charge on any atom is -0.359 e. The van der Waals surface area contributed by atoms with Crippen molar-refractivity contribution in [2.75, 3.05) is 12.4 Å². The Balaban J connectivity index is 1.46. The minimum atomic E-state index is 0.0757. The predicted molar refractivity (Wildman–Crippen MR) is 90.8 cm³/mol. The molecule has 0 aliphatic heterocycles. The first kappa shape index (κ1) is 15.4. The van der Waals surface area contributed by atoms with Crippen LogP contribution in [0.15, 0.2) is 12.3 Å². The molecule has 8 heteroatoms. The van der Waals surface area contributed by atoms with E-state index in [1.165, 1.54) is 12.8 Å². The van der Waals surface area contributed by atoms with E-state index in [4.69, 9.17) is 11.6 Å². The van der Waals surface area contributed by atoms with Crippen LogP contribution in [-0.2, 0) is 4.79 Å². The lowest BCUT2D eigenvalue weighted by Crippen LogP contribution is -2.43. The minimum absolute atomic E-state index is 0.0757. The van der Waals surface area contributed by atoms with Crippen LogP contribution in [0, 0.1) is 5.92 Å². The molecule has 0 saturated heterocycles. The fourth-order valence-electron chi connectivity index (χ4n) is 3.01. The number of carbonyl (C=O) groups excluding carboxylic acids is 1. The van der Waals surface area contributed by atoms with Crippen molar-refractivity contribution in [2.24, 2.45) is 5.92 Å². The second-order valence-electron chi connectivity index (χ2n) is 6.50. The van der Waals surface area contributed by atoms with Crippen molar-refractivity contribution in [1.29, 1.82) is 0 Å². The van der Waals surface area contributed by atoms with Gasteiger partial charge in [-0.15, -0.1) is 0 Å². The molecule has 2 heterocycles. The second-order valence-corrected chi connectivity index (χ2v) is 6.90. The zero-order valence-electron chi connectivity index (χ0n) is 13.3. The number of amides is 1. The number of nitrogens with one attached hydrogen (secondary N) is 3. The molecule has 2 aliphatic carbocycles. The van der Waals surface area contributed by atoms with E-state index in [0.717, 1.165) is 24.2 Å². The van der Waals surface area contributed by atoms with Crippen molar-refractivity contribution in [3.8, 4) is 11.4 Å². The van der Waals surface area contributed by atoms with Crippen LogP contribution in [0.1, 0.15) is 37.3 Å². The number of anilines is 1. The highest BCUT2D eigenvalue weighted by molar-refractivity contribution is 6.32. The normalized spacial score (nSPS) is 22.8. The molecule has 4 rings (SSSR count). The van der Waals surface area contributed by atoms with Crippen molar-refractivity contribution in [1.82, 2.24) is 25.5 Å². The zero-order valence-corrected chi connectivity index (χ0v) is 14.1. The predicted octanol–water partition coefficient (Wildman–Crippen LogP) is 2.33. The first-order chi connectivity index (χ1) is 11.6. The Morgan fingerprint density at radius 1 is 1.38 bits per heavy atom. The van der Waals surface area contributed by atoms with Crippen molar-refractivity contribution < 1.29 is 4.79 Å². The third-order valence-electron chi connectivity index (χ3n) is 4.69. The van der Waals surface area contributed by atoms with E-state index < -0.39 is 0 Å². The maximum Gasteiger partial charge on any atom is 0.223 e. The third-order valence-corrected chi connectivity index (χ3v) is 4.97. The van der Waals surface area contributed by atoms with Gasteiger partial charge >= 0.3 is 0 Å². The van der Waals surface area contributed by atoms with E-state index in [-0.39, 0.29) is 17.9 Å². The van der Waals surface area contributed by atoms with E-state index in [1.54, 1.807) is 13.2 Å². The van der Waals surface area contributed by atoms with E-state index in [9.17, 15) is 4.79 Å². The van der Waals surface area contributed by atoms with Crippen LogP contribution in [0.25, 0.3) is 11.4 Å². The van der Waals surface area contributed by atoms with Gasteiger partial charge in [-0.25, -0.2) is 9.97 Å². The molecular formula is C16H19ClN6O. The number of halogens is 1. The topological polar surface area (TPSA) is 95.6 Å². The highest BCUT2D eigenvalue weighted by atomic mass is 35.5. The summed E-state index contributed by atoms with van der Waals surface area (Å²) in [7, 11) is 1.66. The lowest BCUT2D eigenvalue weighted by atomic mass is 9.80. The van der Waals surface area contributed by atoms with E-state index >= 15 is 0 Å². The lowest BCUT2D eigenvalue weighted by Gasteiger charge is -2.34. The molecule has 24 heavy (non-hydrogen) atoms. The molecule has 2 aromatic rings. The Morgan fingerprint density at radius 3 is 2.88 bits per heavy atom. The average Bonchev–Trinajstić information content (AvgIpc) is 3.29. The lowest BCUT2D eigenvalue weighted by molar-refractivity contribution is -0.127. The summed E-state index contributed by atoms with van der Waals surface area (Å²) in [6, 6.07) is 2.23. The van der Waals surface area contributed by atoms with Gasteiger partial charge in [0.15, 0.2) is 0 Å². The molecule has 0 radical (unpaired) electrons. The smallest absolute Gasteiger partial charge is 0.223 e. The summed E-state index contributed by atoms with van der Waals surface area (Å²) in [4.78, 5) is 20.3. The summed E-state index contributed by atoms with van der Waals surface area (Å²) in [6.45, 7) is 0. The van der Waals surface area contributed by atoms with Crippen molar-refractivity contribution in [3.05, 3.63) is 23.0 Å². The van der Waals surface area contributed by atoms with Gasteiger partial charge in [0.25, 0.3) is 0 Å². The Hall–Kier alpha value is -2.15. The quantitative estimate of drug-likeness (QED) is 0.772. The van der Waals surface area contributed by atoms with Gasteiger partial charge in [-0.1, -0.05) is 11.6 Å². The molecule has 0 atom stereocenters. The first-order valence-corrected chi connectivity index (χ1v) is 8.58. The van der Waals surface area contributed by atoms with Gasteiger partial charge in [-0.2, -0.15) is 5.10 Å². The molecule has 3 N–H and O–H groups in total. The Bertz CT molecular complexity index is 766. The molecule has 2 saturated carbocycles. The summed E-state index contributed by atoms with van der Waals surface area (Å²) >= 11 is 6.24. The number of aromatic nitrogens is 4. The number of aromatic amines is 1.